The summed E-state index contributed by atoms with van der Waals surface area (Å²) in [6.45, 7) is 7.37. The number of nitrogens with zero attached hydrogens (tertiary/aromatic N) is 2. The predicted octanol–water partition coefficient (Wildman–Crippen LogP) is 2.20. The van der Waals surface area contributed by atoms with E-state index in [0.29, 0.717) is 19.0 Å². The first-order chi connectivity index (χ1) is 11.6. The number of aromatic nitrogens is 1. The molecule has 2 heterocycles. The molecule has 24 heavy (non-hydrogen) atoms. The Hall–Kier alpha value is -1.82. The van der Waals surface area contributed by atoms with Gasteiger partial charge in [-0.1, -0.05) is 19.4 Å². The fraction of sp³-hybridized carbons (Fsp3) is 0.667. The molecule has 134 valence electrons. The van der Waals surface area contributed by atoms with E-state index in [1.54, 1.807) is 0 Å². The second kappa shape index (κ2) is 9.47. The van der Waals surface area contributed by atoms with Crippen molar-refractivity contribution >= 4 is 11.8 Å². The van der Waals surface area contributed by atoms with Crippen LogP contribution in [-0.4, -0.2) is 42.4 Å². The van der Waals surface area contributed by atoms with Gasteiger partial charge in [-0.15, -0.1) is 0 Å². The number of urea groups is 1. The molecule has 1 unspecified atom stereocenters. The van der Waals surface area contributed by atoms with Crippen molar-refractivity contribution in [1.82, 2.24) is 15.6 Å². The van der Waals surface area contributed by atoms with Crippen LogP contribution in [0.5, 0.6) is 0 Å². The van der Waals surface area contributed by atoms with Gasteiger partial charge in [0, 0.05) is 44.0 Å². The third-order valence-corrected chi connectivity index (χ3v) is 4.61. The van der Waals surface area contributed by atoms with Crippen LogP contribution in [0, 0.1) is 12.8 Å². The van der Waals surface area contributed by atoms with Gasteiger partial charge in [-0.3, -0.25) is 0 Å². The third kappa shape index (κ3) is 5.37. The highest BCUT2D eigenvalue weighted by atomic mass is 16.3. The van der Waals surface area contributed by atoms with Crippen molar-refractivity contribution in [3.05, 3.63) is 23.4 Å². The molecule has 2 rings (SSSR count). The van der Waals surface area contributed by atoms with Crippen LogP contribution in [0.25, 0.3) is 0 Å². The van der Waals surface area contributed by atoms with Crippen molar-refractivity contribution in [1.29, 1.82) is 0 Å². The molecule has 0 aromatic carbocycles. The Kier molecular flexibility index (Phi) is 7.31. The summed E-state index contributed by atoms with van der Waals surface area (Å²) < 4.78 is 0. The van der Waals surface area contributed by atoms with Gasteiger partial charge < -0.3 is 20.6 Å². The number of hydrogen-bond donors (Lipinski definition) is 3. The first kappa shape index (κ1) is 18.5. The van der Waals surface area contributed by atoms with Gasteiger partial charge in [0.05, 0.1) is 0 Å². The molecule has 0 bridgehead atoms. The standard InChI is InChI=1S/C18H30N4O2/c1-3-15(8-11-23)12-19-18(24)20-13-16-7-6-14(2)21-17(16)22-9-4-5-10-22/h6-7,15,23H,3-5,8-13H2,1-2H3,(H2,19,20,24). The van der Waals surface area contributed by atoms with Crippen LogP contribution < -0.4 is 15.5 Å². The van der Waals surface area contributed by atoms with E-state index in [1.165, 1.54) is 12.8 Å². The molecule has 0 spiro atoms. The van der Waals surface area contributed by atoms with Crippen LogP contribution in [0.2, 0.25) is 0 Å². The minimum Gasteiger partial charge on any atom is -0.396 e. The van der Waals surface area contributed by atoms with E-state index in [1.807, 2.05) is 13.0 Å². The van der Waals surface area contributed by atoms with E-state index in [9.17, 15) is 4.79 Å². The van der Waals surface area contributed by atoms with Crippen molar-refractivity contribution in [3.8, 4) is 0 Å². The quantitative estimate of drug-likeness (QED) is 0.681. The number of aliphatic hydroxyl groups is 1. The monoisotopic (exact) mass is 334 g/mol. The highest BCUT2D eigenvalue weighted by Crippen LogP contribution is 2.22. The number of carbonyl (C=O) groups excluding carboxylic acids is 1. The van der Waals surface area contributed by atoms with Crippen molar-refractivity contribution in [2.45, 2.75) is 46.1 Å². The lowest BCUT2D eigenvalue weighted by Gasteiger charge is -2.21. The molecule has 1 aliphatic heterocycles. The highest BCUT2D eigenvalue weighted by Gasteiger charge is 2.17. The number of anilines is 1. The second-order valence-electron chi connectivity index (χ2n) is 6.48. The summed E-state index contributed by atoms with van der Waals surface area (Å²) in [7, 11) is 0. The Bertz CT molecular complexity index is 530. The molecule has 3 N–H and O–H groups in total. The summed E-state index contributed by atoms with van der Waals surface area (Å²) in [5, 5.41) is 14.8. The van der Waals surface area contributed by atoms with Crippen LogP contribution in [0.4, 0.5) is 10.6 Å². The fourth-order valence-electron chi connectivity index (χ4n) is 3.02. The Morgan fingerprint density at radius 2 is 2.08 bits per heavy atom. The van der Waals surface area contributed by atoms with E-state index in [0.717, 1.165) is 43.0 Å². The van der Waals surface area contributed by atoms with Crippen LogP contribution in [-0.2, 0) is 6.54 Å². The first-order valence-electron chi connectivity index (χ1n) is 8.98. The molecule has 0 saturated carbocycles. The highest BCUT2D eigenvalue weighted by molar-refractivity contribution is 5.74. The van der Waals surface area contributed by atoms with Crippen molar-refractivity contribution < 1.29 is 9.90 Å². The number of rotatable bonds is 8. The first-order valence-corrected chi connectivity index (χ1v) is 8.98. The second-order valence-corrected chi connectivity index (χ2v) is 6.48. The van der Waals surface area contributed by atoms with Crippen LogP contribution in [0.1, 0.15) is 43.9 Å². The van der Waals surface area contributed by atoms with E-state index >= 15 is 0 Å². The van der Waals surface area contributed by atoms with Crippen molar-refractivity contribution in [2.24, 2.45) is 5.92 Å². The van der Waals surface area contributed by atoms with Gasteiger partial charge in [0.15, 0.2) is 0 Å². The lowest BCUT2D eigenvalue weighted by molar-refractivity contribution is 0.230. The van der Waals surface area contributed by atoms with Gasteiger partial charge in [0.1, 0.15) is 5.82 Å². The van der Waals surface area contributed by atoms with Crippen molar-refractivity contribution in [3.63, 3.8) is 0 Å². The Balaban J connectivity index is 1.88. The van der Waals surface area contributed by atoms with Gasteiger partial charge >= 0.3 is 6.03 Å². The smallest absolute Gasteiger partial charge is 0.315 e. The van der Waals surface area contributed by atoms with Crippen molar-refractivity contribution in [2.75, 3.05) is 31.1 Å². The molecule has 0 aliphatic carbocycles. The number of hydrogen-bond acceptors (Lipinski definition) is 4. The SMILES string of the molecule is CCC(CCO)CNC(=O)NCc1ccc(C)nc1N1CCCC1. The third-order valence-electron chi connectivity index (χ3n) is 4.61. The number of carbonyl (C=O) groups is 1. The molecule has 1 aliphatic rings. The largest absolute Gasteiger partial charge is 0.396 e. The average Bonchev–Trinajstić information content (AvgIpc) is 3.11. The number of aryl methyl sites for hydroxylation is 1. The maximum Gasteiger partial charge on any atom is 0.315 e. The summed E-state index contributed by atoms with van der Waals surface area (Å²) in [4.78, 5) is 19.0. The predicted molar refractivity (Wildman–Crippen MR) is 96.1 cm³/mol. The molecule has 0 radical (unpaired) electrons. The average molecular weight is 334 g/mol. The molecular weight excluding hydrogens is 304 g/mol. The summed E-state index contributed by atoms with van der Waals surface area (Å²) in [6.07, 6.45) is 4.07. The van der Waals surface area contributed by atoms with E-state index in [4.69, 9.17) is 5.11 Å². The molecule has 1 aromatic heterocycles. The molecule has 1 saturated heterocycles. The topological polar surface area (TPSA) is 77.5 Å². The molecule has 6 nitrogen and oxygen atoms in total. The van der Waals surface area contributed by atoms with Gasteiger partial charge in [0.25, 0.3) is 0 Å². The van der Waals surface area contributed by atoms with Gasteiger partial charge in [-0.2, -0.15) is 0 Å². The van der Waals surface area contributed by atoms with Gasteiger partial charge in [0.2, 0.25) is 0 Å². The zero-order valence-electron chi connectivity index (χ0n) is 14.8. The minimum absolute atomic E-state index is 0.163. The Morgan fingerprint density at radius 1 is 1.33 bits per heavy atom. The lowest BCUT2D eigenvalue weighted by atomic mass is 10.0. The molecule has 6 heteroatoms. The molecule has 1 fully saturated rings. The Labute approximate surface area is 144 Å². The number of aliphatic hydroxyl groups excluding tert-OH is 1. The van der Waals surface area contributed by atoms with Gasteiger partial charge in [-0.25, -0.2) is 9.78 Å². The van der Waals surface area contributed by atoms with Crippen LogP contribution >= 0.6 is 0 Å². The number of pyridine rings is 1. The van der Waals surface area contributed by atoms with Crippen LogP contribution in [0.3, 0.4) is 0 Å². The molecule has 2 amide bonds. The fourth-order valence-corrected chi connectivity index (χ4v) is 3.02. The summed E-state index contributed by atoms with van der Waals surface area (Å²) in [6, 6.07) is 3.87. The Morgan fingerprint density at radius 3 is 2.75 bits per heavy atom. The lowest BCUT2D eigenvalue weighted by Crippen LogP contribution is -2.38. The van der Waals surface area contributed by atoms with E-state index in [2.05, 4.69) is 33.5 Å². The maximum atomic E-state index is 12.0. The van der Waals surface area contributed by atoms with E-state index < -0.39 is 0 Å². The van der Waals surface area contributed by atoms with Gasteiger partial charge in [-0.05, 0) is 38.2 Å². The molecule has 1 atom stereocenters. The van der Waals surface area contributed by atoms with Crippen LogP contribution in [0.15, 0.2) is 12.1 Å². The number of amides is 2. The molecular formula is C18H30N4O2. The zero-order chi connectivity index (χ0) is 17.4. The number of nitrogens with one attached hydrogen (secondary N) is 2. The summed E-state index contributed by atoms with van der Waals surface area (Å²) in [5.41, 5.74) is 2.06. The maximum absolute atomic E-state index is 12.0. The minimum atomic E-state index is -0.167. The zero-order valence-corrected chi connectivity index (χ0v) is 14.8. The summed E-state index contributed by atoms with van der Waals surface area (Å²) >= 11 is 0. The normalized spacial score (nSPS) is 15.4. The molecule has 1 aromatic rings. The summed E-state index contributed by atoms with van der Waals surface area (Å²) in [5.74, 6) is 1.32. The van der Waals surface area contributed by atoms with E-state index in [-0.39, 0.29) is 12.6 Å².